The molecule has 0 spiro atoms. The molecule has 0 atom stereocenters. The maximum Gasteiger partial charge on any atom is 0.157 e. The molecule has 2 aromatic carbocycles. The van der Waals surface area contributed by atoms with Crippen LogP contribution < -0.4 is 9.80 Å². The SMILES string of the molecule is CN(c1ccccc1)C1CCN(c2c(O)cnc3ccccc23)CC1. The highest BCUT2D eigenvalue weighted by molar-refractivity contribution is 5.94. The Morgan fingerprint density at radius 1 is 1.00 bits per heavy atom. The van der Waals surface area contributed by atoms with Gasteiger partial charge in [0.15, 0.2) is 5.75 Å². The number of fused-ring (bicyclic) bond motifs is 1. The van der Waals surface area contributed by atoms with E-state index >= 15 is 0 Å². The van der Waals surface area contributed by atoms with E-state index in [1.165, 1.54) is 5.69 Å². The first-order valence-electron chi connectivity index (χ1n) is 8.83. The number of rotatable bonds is 3. The maximum atomic E-state index is 10.4. The molecule has 1 aliphatic heterocycles. The summed E-state index contributed by atoms with van der Waals surface area (Å²) in [7, 11) is 2.18. The molecule has 4 nitrogen and oxygen atoms in total. The average molecular weight is 333 g/mol. The molecular weight excluding hydrogens is 310 g/mol. The Bertz CT molecular complexity index is 857. The minimum Gasteiger partial charge on any atom is -0.504 e. The van der Waals surface area contributed by atoms with E-state index in [9.17, 15) is 5.11 Å². The van der Waals surface area contributed by atoms with E-state index in [1.807, 2.05) is 24.3 Å². The second kappa shape index (κ2) is 6.63. The molecular formula is C21H23N3O. The zero-order valence-corrected chi connectivity index (χ0v) is 14.5. The Hall–Kier alpha value is -2.75. The van der Waals surface area contributed by atoms with Crippen molar-refractivity contribution in [2.75, 3.05) is 29.9 Å². The number of benzene rings is 2. The van der Waals surface area contributed by atoms with Gasteiger partial charge in [0.05, 0.1) is 17.4 Å². The van der Waals surface area contributed by atoms with E-state index in [2.05, 4.69) is 52.2 Å². The Balaban J connectivity index is 1.54. The molecule has 2 heterocycles. The van der Waals surface area contributed by atoms with Crippen molar-refractivity contribution in [2.24, 2.45) is 0 Å². The summed E-state index contributed by atoms with van der Waals surface area (Å²) in [5.41, 5.74) is 3.11. The van der Waals surface area contributed by atoms with Crippen molar-refractivity contribution in [2.45, 2.75) is 18.9 Å². The van der Waals surface area contributed by atoms with Crippen LogP contribution in [0.3, 0.4) is 0 Å². The number of para-hydroxylation sites is 2. The van der Waals surface area contributed by atoms with Crippen LogP contribution in [-0.2, 0) is 0 Å². The Morgan fingerprint density at radius 3 is 2.44 bits per heavy atom. The molecule has 4 rings (SSSR count). The molecule has 0 saturated carbocycles. The first-order valence-corrected chi connectivity index (χ1v) is 8.83. The van der Waals surface area contributed by atoms with Crippen LogP contribution in [0.15, 0.2) is 60.8 Å². The lowest BCUT2D eigenvalue weighted by molar-refractivity contribution is 0.455. The van der Waals surface area contributed by atoms with Crippen molar-refractivity contribution in [3.8, 4) is 5.75 Å². The van der Waals surface area contributed by atoms with Gasteiger partial charge in [-0.1, -0.05) is 36.4 Å². The molecule has 3 aromatic rings. The van der Waals surface area contributed by atoms with Gasteiger partial charge < -0.3 is 14.9 Å². The molecule has 1 aromatic heterocycles. The third-order valence-electron chi connectivity index (χ3n) is 5.22. The zero-order valence-electron chi connectivity index (χ0n) is 14.5. The smallest absolute Gasteiger partial charge is 0.157 e. The fourth-order valence-corrected chi connectivity index (χ4v) is 3.80. The van der Waals surface area contributed by atoms with Crippen LogP contribution >= 0.6 is 0 Å². The maximum absolute atomic E-state index is 10.4. The number of aromatic hydroxyl groups is 1. The van der Waals surface area contributed by atoms with Crippen LogP contribution in [0.2, 0.25) is 0 Å². The fraction of sp³-hybridized carbons (Fsp3) is 0.286. The molecule has 0 radical (unpaired) electrons. The zero-order chi connectivity index (χ0) is 17.2. The number of piperidine rings is 1. The summed E-state index contributed by atoms with van der Waals surface area (Å²) in [5, 5.41) is 11.4. The van der Waals surface area contributed by atoms with E-state index in [1.54, 1.807) is 6.20 Å². The standard InChI is InChI=1S/C21H23N3O/c1-23(16-7-3-2-4-8-16)17-11-13-24(14-12-17)21-18-9-5-6-10-19(18)22-15-20(21)25/h2-10,15,17,25H,11-14H2,1H3. The number of anilines is 2. The summed E-state index contributed by atoms with van der Waals surface area (Å²) in [6.45, 7) is 1.87. The first-order chi connectivity index (χ1) is 12.2. The number of hydrogen-bond acceptors (Lipinski definition) is 4. The summed E-state index contributed by atoms with van der Waals surface area (Å²) < 4.78 is 0. The van der Waals surface area contributed by atoms with E-state index < -0.39 is 0 Å². The van der Waals surface area contributed by atoms with E-state index in [0.29, 0.717) is 6.04 Å². The van der Waals surface area contributed by atoms with Gasteiger partial charge in [0.25, 0.3) is 0 Å². The topological polar surface area (TPSA) is 39.6 Å². The second-order valence-corrected chi connectivity index (χ2v) is 6.67. The van der Waals surface area contributed by atoms with E-state index in [4.69, 9.17) is 0 Å². The number of pyridine rings is 1. The first kappa shape index (κ1) is 15.8. The molecule has 0 bridgehead atoms. The third kappa shape index (κ3) is 3.00. The van der Waals surface area contributed by atoms with Crippen LogP contribution in [-0.4, -0.2) is 36.3 Å². The van der Waals surface area contributed by atoms with Crippen LogP contribution in [0, 0.1) is 0 Å². The molecule has 0 aliphatic carbocycles. The van der Waals surface area contributed by atoms with Crippen LogP contribution in [0.1, 0.15) is 12.8 Å². The normalized spacial score (nSPS) is 15.5. The van der Waals surface area contributed by atoms with Gasteiger partial charge in [-0.3, -0.25) is 4.98 Å². The predicted molar refractivity (Wildman–Crippen MR) is 103 cm³/mol. The minimum atomic E-state index is 0.272. The monoisotopic (exact) mass is 333 g/mol. The van der Waals surface area contributed by atoms with Gasteiger partial charge in [0.1, 0.15) is 0 Å². The van der Waals surface area contributed by atoms with Crippen molar-refractivity contribution in [1.29, 1.82) is 0 Å². The molecule has 25 heavy (non-hydrogen) atoms. The average Bonchev–Trinajstić information content (AvgIpc) is 2.68. The molecule has 4 heteroatoms. The summed E-state index contributed by atoms with van der Waals surface area (Å²) >= 11 is 0. The Labute approximate surface area is 148 Å². The van der Waals surface area contributed by atoms with Crippen molar-refractivity contribution >= 4 is 22.3 Å². The lowest BCUT2D eigenvalue weighted by Crippen LogP contribution is -2.43. The summed E-state index contributed by atoms with van der Waals surface area (Å²) in [6.07, 6.45) is 3.71. The summed E-state index contributed by atoms with van der Waals surface area (Å²) in [4.78, 5) is 9.01. The molecule has 0 amide bonds. The molecule has 1 fully saturated rings. The van der Waals surface area contributed by atoms with Crippen LogP contribution in [0.25, 0.3) is 10.9 Å². The number of hydrogen-bond donors (Lipinski definition) is 1. The van der Waals surface area contributed by atoms with Gasteiger partial charge in [0, 0.05) is 37.3 Å². The van der Waals surface area contributed by atoms with Crippen LogP contribution in [0.4, 0.5) is 11.4 Å². The highest BCUT2D eigenvalue weighted by Crippen LogP contribution is 2.36. The van der Waals surface area contributed by atoms with E-state index in [-0.39, 0.29) is 5.75 Å². The van der Waals surface area contributed by atoms with Gasteiger partial charge in [-0.15, -0.1) is 0 Å². The summed E-state index contributed by atoms with van der Waals surface area (Å²) in [6, 6.07) is 19.1. The molecule has 128 valence electrons. The number of aromatic nitrogens is 1. The minimum absolute atomic E-state index is 0.272. The Morgan fingerprint density at radius 2 is 1.68 bits per heavy atom. The highest BCUT2D eigenvalue weighted by Gasteiger charge is 2.25. The lowest BCUT2D eigenvalue weighted by atomic mass is 10.0. The van der Waals surface area contributed by atoms with Crippen molar-refractivity contribution in [3.05, 3.63) is 60.8 Å². The largest absolute Gasteiger partial charge is 0.504 e. The quantitative estimate of drug-likeness (QED) is 0.785. The third-order valence-corrected chi connectivity index (χ3v) is 5.22. The molecule has 1 saturated heterocycles. The van der Waals surface area contributed by atoms with Crippen molar-refractivity contribution in [1.82, 2.24) is 4.98 Å². The number of nitrogens with zero attached hydrogens (tertiary/aromatic N) is 3. The molecule has 1 N–H and O–H groups in total. The van der Waals surface area contributed by atoms with Crippen LogP contribution in [0.5, 0.6) is 5.75 Å². The van der Waals surface area contributed by atoms with Gasteiger partial charge in [0.2, 0.25) is 0 Å². The van der Waals surface area contributed by atoms with Crippen molar-refractivity contribution < 1.29 is 5.11 Å². The summed E-state index contributed by atoms with van der Waals surface area (Å²) in [5.74, 6) is 0.272. The molecule has 0 unspecified atom stereocenters. The van der Waals surface area contributed by atoms with Gasteiger partial charge in [-0.05, 0) is 31.0 Å². The molecule has 1 aliphatic rings. The predicted octanol–water partition coefficient (Wildman–Crippen LogP) is 4.05. The fourth-order valence-electron chi connectivity index (χ4n) is 3.80. The van der Waals surface area contributed by atoms with Crippen molar-refractivity contribution in [3.63, 3.8) is 0 Å². The Kier molecular flexibility index (Phi) is 4.18. The van der Waals surface area contributed by atoms with Gasteiger partial charge in [-0.25, -0.2) is 0 Å². The van der Waals surface area contributed by atoms with Gasteiger partial charge >= 0.3 is 0 Å². The highest BCUT2D eigenvalue weighted by atomic mass is 16.3. The van der Waals surface area contributed by atoms with E-state index in [0.717, 1.165) is 42.5 Å². The lowest BCUT2D eigenvalue weighted by Gasteiger charge is -2.39. The second-order valence-electron chi connectivity index (χ2n) is 6.67. The van der Waals surface area contributed by atoms with Gasteiger partial charge in [-0.2, -0.15) is 0 Å².